The smallest absolute Gasteiger partial charge is 0.377 e. The lowest BCUT2D eigenvalue weighted by atomic mass is 9.91. The van der Waals surface area contributed by atoms with E-state index in [-0.39, 0.29) is 0 Å². The van der Waals surface area contributed by atoms with Gasteiger partial charge in [0.1, 0.15) is 0 Å². The van der Waals surface area contributed by atoms with Crippen LogP contribution in [0, 0.1) is 0 Å². The van der Waals surface area contributed by atoms with E-state index in [0.29, 0.717) is 25.6 Å². The molecule has 20 heavy (non-hydrogen) atoms. The molecule has 0 aromatic heterocycles. The molecule has 4 N–H and O–H groups in total. The van der Waals surface area contributed by atoms with Crippen LogP contribution in [-0.2, 0) is 18.9 Å². The number of benzene rings is 1. The van der Waals surface area contributed by atoms with Crippen molar-refractivity contribution in [1.29, 1.82) is 0 Å². The molecule has 1 aromatic rings. The first-order valence-electron chi connectivity index (χ1n) is 6.88. The molecule has 0 heterocycles. The molecule has 114 valence electrons. The highest BCUT2D eigenvalue weighted by molar-refractivity contribution is 6.60. The fourth-order valence-electron chi connectivity index (χ4n) is 2.32. The molecule has 0 amide bonds. The maximum atomic E-state index is 6.34. The molecule has 1 aromatic carbocycles. The van der Waals surface area contributed by atoms with Crippen molar-refractivity contribution >= 4 is 8.80 Å². The van der Waals surface area contributed by atoms with Crippen LogP contribution < -0.4 is 11.5 Å². The molecule has 0 radical (unpaired) electrons. The molecule has 0 bridgehead atoms. The predicted molar refractivity (Wildman–Crippen MR) is 82.2 cm³/mol. The molecular formula is C14H26N2O3Si. The number of hydrogen-bond donors (Lipinski definition) is 2. The Morgan fingerprint density at radius 1 is 1.10 bits per heavy atom. The van der Waals surface area contributed by atoms with Crippen molar-refractivity contribution in [1.82, 2.24) is 0 Å². The molecule has 1 unspecified atom stereocenters. The zero-order valence-electron chi connectivity index (χ0n) is 12.6. The van der Waals surface area contributed by atoms with E-state index < -0.39 is 14.4 Å². The summed E-state index contributed by atoms with van der Waals surface area (Å²) in [5, 5.41) is 0. The summed E-state index contributed by atoms with van der Waals surface area (Å²) < 4.78 is 17.5. The fourth-order valence-corrected chi connectivity index (χ4v) is 4.27. The van der Waals surface area contributed by atoms with E-state index in [4.69, 9.17) is 24.7 Å². The van der Waals surface area contributed by atoms with Gasteiger partial charge in [0.2, 0.25) is 0 Å². The number of rotatable bonds is 9. The van der Waals surface area contributed by atoms with E-state index in [1.165, 1.54) is 0 Å². The Balaban J connectivity index is 3.18. The normalized spacial score (nSPS) is 15.1. The van der Waals surface area contributed by atoms with Crippen LogP contribution in [0.15, 0.2) is 30.3 Å². The minimum atomic E-state index is -2.73. The first-order chi connectivity index (χ1) is 9.62. The minimum Gasteiger partial charge on any atom is -0.377 e. The van der Waals surface area contributed by atoms with E-state index in [2.05, 4.69) is 0 Å². The lowest BCUT2D eigenvalue weighted by molar-refractivity contribution is -0.0194. The summed E-state index contributed by atoms with van der Waals surface area (Å²) in [7, 11) is 0.509. The Hall–Kier alpha value is -0.763. The highest BCUT2D eigenvalue weighted by Gasteiger charge is 2.46. The lowest BCUT2D eigenvalue weighted by Gasteiger charge is -2.40. The van der Waals surface area contributed by atoms with Crippen LogP contribution in [-0.4, -0.2) is 36.1 Å². The summed E-state index contributed by atoms with van der Waals surface area (Å²) in [6, 6.07) is 10.6. The van der Waals surface area contributed by atoms with Crippen LogP contribution in [0.3, 0.4) is 0 Å². The molecule has 0 aliphatic heterocycles. The Labute approximate surface area is 122 Å². The van der Waals surface area contributed by atoms with E-state index in [1.807, 2.05) is 37.3 Å². The second kappa shape index (κ2) is 7.87. The SMILES string of the molecule is CC[Si](OC)(OC)OC(CN)(CCN)c1ccccc1. The Morgan fingerprint density at radius 3 is 2.10 bits per heavy atom. The van der Waals surface area contributed by atoms with Gasteiger partial charge in [0, 0.05) is 26.8 Å². The molecule has 5 nitrogen and oxygen atoms in total. The van der Waals surface area contributed by atoms with Gasteiger partial charge in [0.05, 0.1) is 5.60 Å². The third kappa shape index (κ3) is 3.66. The second-order valence-electron chi connectivity index (χ2n) is 4.65. The first-order valence-corrected chi connectivity index (χ1v) is 8.81. The van der Waals surface area contributed by atoms with Crippen molar-refractivity contribution < 1.29 is 13.3 Å². The number of nitrogens with two attached hydrogens (primary N) is 2. The van der Waals surface area contributed by atoms with E-state index in [9.17, 15) is 0 Å². The van der Waals surface area contributed by atoms with Gasteiger partial charge in [-0.3, -0.25) is 0 Å². The van der Waals surface area contributed by atoms with Gasteiger partial charge in [-0.15, -0.1) is 0 Å². The highest BCUT2D eigenvalue weighted by atomic mass is 28.4. The van der Waals surface area contributed by atoms with Gasteiger partial charge >= 0.3 is 8.80 Å². The zero-order chi connectivity index (χ0) is 15.1. The highest BCUT2D eigenvalue weighted by Crippen LogP contribution is 2.33. The van der Waals surface area contributed by atoms with Crippen LogP contribution in [0.25, 0.3) is 0 Å². The van der Waals surface area contributed by atoms with Crippen molar-refractivity contribution in [2.45, 2.75) is 25.0 Å². The van der Waals surface area contributed by atoms with Crippen LogP contribution in [0.4, 0.5) is 0 Å². The maximum absolute atomic E-state index is 6.34. The zero-order valence-corrected chi connectivity index (χ0v) is 13.6. The topological polar surface area (TPSA) is 79.7 Å². The molecule has 0 saturated heterocycles. The molecule has 0 aliphatic rings. The molecule has 0 fully saturated rings. The molecule has 6 heteroatoms. The molecular weight excluding hydrogens is 272 g/mol. The van der Waals surface area contributed by atoms with Gasteiger partial charge < -0.3 is 24.7 Å². The van der Waals surface area contributed by atoms with Crippen LogP contribution in [0.1, 0.15) is 18.9 Å². The average molecular weight is 298 g/mol. The van der Waals surface area contributed by atoms with Gasteiger partial charge in [-0.05, 0) is 18.5 Å². The molecule has 0 saturated carbocycles. The van der Waals surface area contributed by atoms with Crippen LogP contribution in [0.2, 0.25) is 6.04 Å². The van der Waals surface area contributed by atoms with Gasteiger partial charge in [0.15, 0.2) is 0 Å². The lowest BCUT2D eigenvalue weighted by Crippen LogP contribution is -2.53. The summed E-state index contributed by atoms with van der Waals surface area (Å²) in [5.41, 5.74) is 12.1. The molecule has 0 spiro atoms. The summed E-state index contributed by atoms with van der Waals surface area (Å²) in [5.74, 6) is 0. The van der Waals surface area contributed by atoms with Crippen molar-refractivity contribution in [3.8, 4) is 0 Å². The van der Waals surface area contributed by atoms with Gasteiger partial charge in [-0.25, -0.2) is 0 Å². The molecule has 1 atom stereocenters. The quantitative estimate of drug-likeness (QED) is 0.675. The van der Waals surface area contributed by atoms with Crippen LogP contribution in [0.5, 0.6) is 0 Å². The minimum absolute atomic E-state index is 0.329. The summed E-state index contributed by atoms with van der Waals surface area (Å²) >= 11 is 0. The Bertz CT molecular complexity index is 379. The van der Waals surface area contributed by atoms with E-state index in [0.717, 1.165) is 5.56 Å². The summed E-state index contributed by atoms with van der Waals surface area (Å²) in [4.78, 5) is 0. The Kier molecular flexibility index (Phi) is 6.80. The van der Waals surface area contributed by atoms with Crippen molar-refractivity contribution in [2.24, 2.45) is 11.5 Å². The Morgan fingerprint density at radius 2 is 1.70 bits per heavy atom. The summed E-state index contributed by atoms with van der Waals surface area (Å²) in [6.07, 6.45) is 0.620. The monoisotopic (exact) mass is 298 g/mol. The fraction of sp³-hybridized carbons (Fsp3) is 0.571. The van der Waals surface area contributed by atoms with Crippen molar-refractivity contribution in [3.05, 3.63) is 35.9 Å². The summed E-state index contributed by atoms with van der Waals surface area (Å²) in [6.45, 7) is 2.80. The average Bonchev–Trinajstić information content (AvgIpc) is 2.53. The third-order valence-corrected chi connectivity index (χ3v) is 6.40. The van der Waals surface area contributed by atoms with E-state index in [1.54, 1.807) is 14.2 Å². The maximum Gasteiger partial charge on any atom is 0.500 e. The van der Waals surface area contributed by atoms with Crippen molar-refractivity contribution in [3.63, 3.8) is 0 Å². The van der Waals surface area contributed by atoms with Crippen LogP contribution >= 0.6 is 0 Å². The van der Waals surface area contributed by atoms with Crippen molar-refractivity contribution in [2.75, 3.05) is 27.3 Å². The molecule has 1 rings (SSSR count). The van der Waals surface area contributed by atoms with Gasteiger partial charge in [-0.1, -0.05) is 37.3 Å². The number of hydrogen-bond acceptors (Lipinski definition) is 5. The molecule has 0 aliphatic carbocycles. The van der Waals surface area contributed by atoms with Gasteiger partial charge in [0.25, 0.3) is 0 Å². The largest absolute Gasteiger partial charge is 0.500 e. The first kappa shape index (κ1) is 17.3. The van der Waals surface area contributed by atoms with E-state index >= 15 is 0 Å². The second-order valence-corrected chi connectivity index (χ2v) is 7.74. The third-order valence-electron chi connectivity index (χ3n) is 3.58. The predicted octanol–water partition coefficient (Wildman–Crippen LogP) is 1.46. The standard InChI is InChI=1S/C14H26N2O3Si/c1-4-20(17-2,18-3)19-14(12-16,10-11-15)13-8-6-5-7-9-13/h5-9H,4,10-12,15-16H2,1-3H3. The van der Waals surface area contributed by atoms with Gasteiger partial charge in [-0.2, -0.15) is 0 Å².